The Balaban J connectivity index is 1.44. The fourth-order valence-corrected chi connectivity index (χ4v) is 2.53. The number of carbonyl (C=O) groups is 1. The third kappa shape index (κ3) is 4.28. The van der Waals surface area contributed by atoms with E-state index >= 15 is 0 Å². The highest BCUT2D eigenvalue weighted by Crippen LogP contribution is 2.23. The van der Waals surface area contributed by atoms with E-state index in [1.165, 1.54) is 44.1 Å². The lowest BCUT2D eigenvalue weighted by Gasteiger charge is -2.12. The highest BCUT2D eigenvalue weighted by atomic mass is 16.1. The highest BCUT2D eigenvalue weighted by Gasteiger charge is 2.21. The third-order valence-electron chi connectivity index (χ3n) is 3.94. The molecule has 2 aliphatic rings. The van der Waals surface area contributed by atoms with E-state index in [4.69, 9.17) is 0 Å². The Kier molecular flexibility index (Phi) is 4.48. The number of aromatic nitrogens is 2. The van der Waals surface area contributed by atoms with Crippen molar-refractivity contribution in [1.82, 2.24) is 15.5 Å². The first-order valence-electron chi connectivity index (χ1n) is 7.87. The number of amides is 1. The molecule has 1 amide bonds. The standard InChI is InChI=1S/C16H22N4O/c21-16(17-11-10-12-4-2-1-3-5-12)14-8-9-15(20-19-14)18-13-6-7-13/h4,8-9,13H,1-3,5-7,10-11H2,(H,17,21)(H,18,20). The summed E-state index contributed by atoms with van der Waals surface area (Å²) < 4.78 is 0. The van der Waals surface area contributed by atoms with Gasteiger partial charge in [-0.2, -0.15) is 0 Å². The van der Waals surface area contributed by atoms with Gasteiger partial charge in [-0.25, -0.2) is 0 Å². The largest absolute Gasteiger partial charge is 0.366 e. The van der Waals surface area contributed by atoms with Crippen molar-refractivity contribution in [2.45, 2.75) is 51.0 Å². The Hall–Kier alpha value is -1.91. The average Bonchev–Trinajstić information content (AvgIpc) is 3.33. The van der Waals surface area contributed by atoms with Gasteiger partial charge < -0.3 is 10.6 Å². The Morgan fingerprint density at radius 3 is 2.81 bits per heavy atom. The molecule has 0 atom stereocenters. The number of hydrogen-bond donors (Lipinski definition) is 2. The fraction of sp³-hybridized carbons (Fsp3) is 0.562. The second-order valence-corrected chi connectivity index (χ2v) is 5.84. The highest BCUT2D eigenvalue weighted by molar-refractivity contribution is 5.92. The fourth-order valence-electron chi connectivity index (χ4n) is 2.53. The number of allylic oxidation sites excluding steroid dienone is 1. The molecule has 1 aromatic rings. The summed E-state index contributed by atoms with van der Waals surface area (Å²) in [6.45, 7) is 0.675. The molecule has 3 rings (SSSR count). The molecular weight excluding hydrogens is 264 g/mol. The van der Waals surface area contributed by atoms with Crippen LogP contribution in [-0.4, -0.2) is 28.7 Å². The van der Waals surface area contributed by atoms with Crippen LogP contribution in [0.3, 0.4) is 0 Å². The first kappa shape index (κ1) is 14.0. The van der Waals surface area contributed by atoms with Gasteiger partial charge in [-0.3, -0.25) is 4.79 Å². The van der Waals surface area contributed by atoms with E-state index in [9.17, 15) is 4.79 Å². The number of rotatable bonds is 6. The van der Waals surface area contributed by atoms with Crippen LogP contribution in [0.2, 0.25) is 0 Å². The molecule has 0 bridgehead atoms. The van der Waals surface area contributed by atoms with Crippen molar-refractivity contribution in [2.75, 3.05) is 11.9 Å². The van der Waals surface area contributed by atoms with Gasteiger partial charge in [0.2, 0.25) is 0 Å². The minimum Gasteiger partial charge on any atom is -0.366 e. The van der Waals surface area contributed by atoms with Crippen LogP contribution in [-0.2, 0) is 0 Å². The van der Waals surface area contributed by atoms with E-state index in [2.05, 4.69) is 26.9 Å². The summed E-state index contributed by atoms with van der Waals surface area (Å²) in [6, 6.07) is 4.10. The quantitative estimate of drug-likeness (QED) is 0.789. The van der Waals surface area contributed by atoms with E-state index in [1.807, 2.05) is 6.07 Å². The van der Waals surface area contributed by atoms with Gasteiger partial charge in [0, 0.05) is 12.6 Å². The number of hydrogen-bond acceptors (Lipinski definition) is 4. The van der Waals surface area contributed by atoms with Crippen molar-refractivity contribution in [2.24, 2.45) is 0 Å². The van der Waals surface area contributed by atoms with Crippen LogP contribution in [0.1, 0.15) is 55.4 Å². The molecule has 0 unspecified atom stereocenters. The van der Waals surface area contributed by atoms with Crippen LogP contribution < -0.4 is 10.6 Å². The van der Waals surface area contributed by atoms with Crippen molar-refractivity contribution in [1.29, 1.82) is 0 Å². The predicted molar refractivity (Wildman–Crippen MR) is 82.2 cm³/mol. The normalized spacial score (nSPS) is 18.0. The zero-order chi connectivity index (χ0) is 14.5. The van der Waals surface area contributed by atoms with Crippen LogP contribution in [0.4, 0.5) is 5.82 Å². The molecule has 2 N–H and O–H groups in total. The Morgan fingerprint density at radius 1 is 1.24 bits per heavy atom. The first-order chi connectivity index (χ1) is 10.3. The van der Waals surface area contributed by atoms with Gasteiger partial charge in [-0.1, -0.05) is 11.6 Å². The predicted octanol–water partition coefficient (Wildman–Crippen LogP) is 2.67. The first-order valence-corrected chi connectivity index (χ1v) is 7.87. The molecule has 5 nitrogen and oxygen atoms in total. The van der Waals surface area contributed by atoms with Crippen molar-refractivity contribution in [3.05, 3.63) is 29.5 Å². The van der Waals surface area contributed by atoms with Gasteiger partial charge in [0.25, 0.3) is 5.91 Å². The van der Waals surface area contributed by atoms with E-state index in [1.54, 1.807) is 6.07 Å². The molecule has 0 aliphatic heterocycles. The van der Waals surface area contributed by atoms with Crippen molar-refractivity contribution >= 4 is 11.7 Å². The second-order valence-electron chi connectivity index (χ2n) is 5.84. The van der Waals surface area contributed by atoms with Crippen molar-refractivity contribution in [3.8, 4) is 0 Å². The van der Waals surface area contributed by atoms with Gasteiger partial charge in [-0.05, 0) is 57.1 Å². The molecule has 2 aliphatic carbocycles. The number of nitrogens with one attached hydrogen (secondary N) is 2. The summed E-state index contributed by atoms with van der Waals surface area (Å²) in [4.78, 5) is 12.0. The average molecular weight is 286 g/mol. The van der Waals surface area contributed by atoms with Gasteiger partial charge >= 0.3 is 0 Å². The smallest absolute Gasteiger partial charge is 0.271 e. The zero-order valence-electron chi connectivity index (χ0n) is 12.3. The van der Waals surface area contributed by atoms with Gasteiger partial charge in [0.1, 0.15) is 5.82 Å². The van der Waals surface area contributed by atoms with Gasteiger partial charge in [-0.15, -0.1) is 10.2 Å². The molecule has 0 spiro atoms. The zero-order valence-corrected chi connectivity index (χ0v) is 12.3. The van der Waals surface area contributed by atoms with Crippen LogP contribution in [0.25, 0.3) is 0 Å². The lowest BCUT2D eigenvalue weighted by molar-refractivity contribution is 0.0948. The molecule has 5 heteroatoms. The maximum Gasteiger partial charge on any atom is 0.271 e. The molecule has 21 heavy (non-hydrogen) atoms. The molecule has 1 saturated carbocycles. The Labute approximate surface area is 125 Å². The molecule has 112 valence electrons. The molecule has 0 radical (unpaired) electrons. The second kappa shape index (κ2) is 6.70. The van der Waals surface area contributed by atoms with Gasteiger partial charge in [0.15, 0.2) is 5.69 Å². The minimum atomic E-state index is -0.142. The van der Waals surface area contributed by atoms with Crippen LogP contribution in [0.15, 0.2) is 23.8 Å². The summed E-state index contributed by atoms with van der Waals surface area (Å²) in [6.07, 6.45) is 10.6. The SMILES string of the molecule is O=C(NCCC1=CCCCC1)c1ccc(NC2CC2)nn1. The number of carbonyl (C=O) groups excluding carboxylic acids is 1. The third-order valence-corrected chi connectivity index (χ3v) is 3.94. The van der Waals surface area contributed by atoms with Crippen LogP contribution >= 0.6 is 0 Å². The van der Waals surface area contributed by atoms with Crippen molar-refractivity contribution < 1.29 is 4.79 Å². The van der Waals surface area contributed by atoms with E-state index in [-0.39, 0.29) is 5.91 Å². The molecule has 1 fully saturated rings. The molecule has 0 aromatic carbocycles. The lowest BCUT2D eigenvalue weighted by atomic mass is 9.97. The summed E-state index contributed by atoms with van der Waals surface area (Å²) in [5.41, 5.74) is 1.85. The van der Waals surface area contributed by atoms with Gasteiger partial charge in [0.05, 0.1) is 0 Å². The van der Waals surface area contributed by atoms with E-state index < -0.39 is 0 Å². The van der Waals surface area contributed by atoms with Crippen molar-refractivity contribution in [3.63, 3.8) is 0 Å². The van der Waals surface area contributed by atoms with Crippen LogP contribution in [0, 0.1) is 0 Å². The molecule has 1 aromatic heterocycles. The van der Waals surface area contributed by atoms with E-state index in [0.29, 0.717) is 18.3 Å². The summed E-state index contributed by atoms with van der Waals surface area (Å²) in [5, 5.41) is 14.2. The van der Waals surface area contributed by atoms with E-state index in [0.717, 1.165) is 12.2 Å². The summed E-state index contributed by atoms with van der Waals surface area (Å²) in [7, 11) is 0. The summed E-state index contributed by atoms with van der Waals surface area (Å²) in [5.74, 6) is 0.610. The molecular formula is C16H22N4O. The summed E-state index contributed by atoms with van der Waals surface area (Å²) >= 11 is 0. The molecule has 1 heterocycles. The number of anilines is 1. The number of nitrogens with zero attached hydrogens (tertiary/aromatic N) is 2. The Morgan fingerprint density at radius 2 is 2.14 bits per heavy atom. The maximum absolute atomic E-state index is 12.0. The topological polar surface area (TPSA) is 66.9 Å². The maximum atomic E-state index is 12.0. The lowest BCUT2D eigenvalue weighted by Crippen LogP contribution is -2.26. The minimum absolute atomic E-state index is 0.142. The van der Waals surface area contributed by atoms with Crippen LogP contribution in [0.5, 0.6) is 0 Å². The Bertz CT molecular complexity index is 520. The molecule has 0 saturated heterocycles. The monoisotopic (exact) mass is 286 g/mol.